The second-order valence-corrected chi connectivity index (χ2v) is 6.24. The van der Waals surface area contributed by atoms with E-state index in [2.05, 4.69) is 15.5 Å². The Labute approximate surface area is 157 Å². The molecule has 8 nitrogen and oxygen atoms in total. The number of aromatic nitrogens is 2. The molecule has 2 atom stereocenters. The number of carbonyl (C=O) groups excluding carboxylic acids is 1. The smallest absolute Gasteiger partial charge is 0.326 e. The van der Waals surface area contributed by atoms with Crippen molar-refractivity contribution in [3.8, 4) is 17.1 Å². The molecule has 27 heavy (non-hydrogen) atoms. The van der Waals surface area contributed by atoms with Gasteiger partial charge in [-0.25, -0.2) is 4.79 Å². The highest BCUT2D eigenvalue weighted by Crippen LogP contribution is 2.20. The van der Waals surface area contributed by atoms with Crippen LogP contribution in [0.4, 0.5) is 0 Å². The third-order valence-electron chi connectivity index (χ3n) is 4.25. The molecule has 8 heteroatoms. The summed E-state index contributed by atoms with van der Waals surface area (Å²) >= 11 is 0. The van der Waals surface area contributed by atoms with Crippen LogP contribution in [-0.4, -0.2) is 39.8 Å². The molecule has 0 spiro atoms. The first-order valence-electron chi connectivity index (χ1n) is 9.02. The van der Waals surface area contributed by atoms with Crippen molar-refractivity contribution in [2.45, 2.75) is 46.1 Å². The fraction of sp³-hybridized carbons (Fsp3) is 0.474. The first-order valence-corrected chi connectivity index (χ1v) is 9.02. The summed E-state index contributed by atoms with van der Waals surface area (Å²) in [7, 11) is 0. The van der Waals surface area contributed by atoms with Crippen LogP contribution in [0.2, 0.25) is 0 Å². The average Bonchev–Trinajstić information content (AvgIpc) is 3.13. The van der Waals surface area contributed by atoms with Crippen molar-refractivity contribution in [1.29, 1.82) is 0 Å². The summed E-state index contributed by atoms with van der Waals surface area (Å²) in [6.45, 7) is 6.18. The summed E-state index contributed by atoms with van der Waals surface area (Å²) in [4.78, 5) is 27.6. The zero-order chi connectivity index (χ0) is 19.8. The van der Waals surface area contributed by atoms with E-state index in [0.717, 1.165) is 11.3 Å². The SMILES string of the molecule is CCOc1ccc(-c2noc(CCC(=O)NC(C(=O)O)C(C)CC)n2)cc1. The molecular formula is C19H25N3O5. The highest BCUT2D eigenvalue weighted by Gasteiger charge is 2.25. The van der Waals surface area contributed by atoms with Gasteiger partial charge >= 0.3 is 5.97 Å². The second kappa shape index (κ2) is 9.70. The van der Waals surface area contributed by atoms with Crippen LogP contribution in [0, 0.1) is 5.92 Å². The second-order valence-electron chi connectivity index (χ2n) is 6.24. The van der Waals surface area contributed by atoms with E-state index in [1.165, 1.54) is 0 Å². The zero-order valence-electron chi connectivity index (χ0n) is 15.8. The minimum absolute atomic E-state index is 0.0745. The summed E-state index contributed by atoms with van der Waals surface area (Å²) in [6, 6.07) is 6.41. The number of rotatable bonds is 10. The molecule has 0 bridgehead atoms. The lowest BCUT2D eigenvalue weighted by molar-refractivity contribution is -0.143. The number of carboxylic acids is 1. The highest BCUT2D eigenvalue weighted by atomic mass is 16.5. The Kier molecular flexibility index (Phi) is 7.34. The number of carboxylic acid groups (broad SMARTS) is 1. The number of hydrogen-bond donors (Lipinski definition) is 2. The maximum atomic E-state index is 12.0. The molecule has 0 radical (unpaired) electrons. The van der Waals surface area contributed by atoms with E-state index < -0.39 is 12.0 Å². The molecule has 0 aliphatic rings. The summed E-state index contributed by atoms with van der Waals surface area (Å²) in [5.41, 5.74) is 0.778. The van der Waals surface area contributed by atoms with Crippen molar-refractivity contribution < 1.29 is 24.0 Å². The first-order chi connectivity index (χ1) is 12.9. The number of nitrogens with zero attached hydrogens (tertiary/aromatic N) is 2. The molecule has 2 unspecified atom stereocenters. The van der Waals surface area contributed by atoms with E-state index in [1.807, 2.05) is 38.1 Å². The molecule has 146 valence electrons. The van der Waals surface area contributed by atoms with Gasteiger partial charge in [-0.05, 0) is 37.1 Å². The summed E-state index contributed by atoms with van der Waals surface area (Å²) in [5.74, 6) is -0.0326. The van der Waals surface area contributed by atoms with Crippen molar-refractivity contribution in [3.63, 3.8) is 0 Å². The van der Waals surface area contributed by atoms with Crippen LogP contribution < -0.4 is 10.1 Å². The van der Waals surface area contributed by atoms with Crippen LogP contribution in [0.15, 0.2) is 28.8 Å². The van der Waals surface area contributed by atoms with Crippen molar-refractivity contribution >= 4 is 11.9 Å². The third kappa shape index (κ3) is 5.80. The number of amides is 1. The van der Waals surface area contributed by atoms with Gasteiger partial charge < -0.3 is 19.7 Å². The number of nitrogens with one attached hydrogen (secondary N) is 1. The monoisotopic (exact) mass is 375 g/mol. The predicted octanol–water partition coefficient (Wildman–Crippen LogP) is 2.68. The molecule has 0 aliphatic carbocycles. The molecule has 2 aromatic rings. The van der Waals surface area contributed by atoms with Crippen molar-refractivity contribution in [1.82, 2.24) is 15.5 Å². The molecule has 1 aromatic heterocycles. The number of aryl methyl sites for hydroxylation is 1. The molecule has 1 aromatic carbocycles. The van der Waals surface area contributed by atoms with Gasteiger partial charge in [-0.1, -0.05) is 25.4 Å². The molecule has 0 saturated carbocycles. The fourth-order valence-electron chi connectivity index (χ4n) is 2.49. The van der Waals surface area contributed by atoms with Crippen LogP contribution in [0.25, 0.3) is 11.4 Å². The van der Waals surface area contributed by atoms with E-state index >= 15 is 0 Å². The molecular weight excluding hydrogens is 350 g/mol. The summed E-state index contributed by atoms with van der Waals surface area (Å²) in [5, 5.41) is 15.7. The Morgan fingerprint density at radius 2 is 1.96 bits per heavy atom. The van der Waals surface area contributed by atoms with E-state index in [1.54, 1.807) is 6.92 Å². The standard InChI is InChI=1S/C19H25N3O5/c1-4-12(3)17(19(24)25)20-15(23)10-11-16-21-18(22-27-16)13-6-8-14(9-7-13)26-5-2/h6-9,12,17H,4-5,10-11H2,1-3H3,(H,20,23)(H,24,25). The quantitative estimate of drug-likeness (QED) is 0.656. The van der Waals surface area contributed by atoms with Gasteiger partial charge in [-0.15, -0.1) is 0 Å². The first kappa shape index (κ1) is 20.4. The van der Waals surface area contributed by atoms with E-state index in [-0.39, 0.29) is 24.7 Å². The zero-order valence-corrected chi connectivity index (χ0v) is 15.8. The van der Waals surface area contributed by atoms with Gasteiger partial charge in [0.1, 0.15) is 11.8 Å². The summed E-state index contributed by atoms with van der Waals surface area (Å²) in [6.07, 6.45) is 0.972. The van der Waals surface area contributed by atoms with Crippen LogP contribution in [0.3, 0.4) is 0 Å². The Hall–Kier alpha value is -2.90. The predicted molar refractivity (Wildman–Crippen MR) is 98.2 cm³/mol. The van der Waals surface area contributed by atoms with Crippen LogP contribution in [-0.2, 0) is 16.0 Å². The molecule has 1 heterocycles. The molecule has 1 amide bonds. The van der Waals surface area contributed by atoms with Gasteiger partial charge in [0.15, 0.2) is 0 Å². The number of hydrogen-bond acceptors (Lipinski definition) is 6. The van der Waals surface area contributed by atoms with Gasteiger partial charge in [0.2, 0.25) is 17.6 Å². The van der Waals surface area contributed by atoms with Crippen molar-refractivity contribution in [2.75, 3.05) is 6.61 Å². The lowest BCUT2D eigenvalue weighted by Crippen LogP contribution is -2.45. The molecule has 0 saturated heterocycles. The van der Waals surface area contributed by atoms with Crippen LogP contribution in [0.5, 0.6) is 5.75 Å². The minimum atomic E-state index is -1.03. The number of ether oxygens (including phenoxy) is 1. The van der Waals surface area contributed by atoms with Gasteiger partial charge in [-0.3, -0.25) is 4.79 Å². The third-order valence-corrected chi connectivity index (χ3v) is 4.25. The lowest BCUT2D eigenvalue weighted by atomic mass is 9.99. The maximum absolute atomic E-state index is 12.0. The fourth-order valence-corrected chi connectivity index (χ4v) is 2.49. The Morgan fingerprint density at radius 1 is 1.26 bits per heavy atom. The highest BCUT2D eigenvalue weighted by molar-refractivity contribution is 5.83. The van der Waals surface area contributed by atoms with Crippen LogP contribution in [0.1, 0.15) is 39.5 Å². The van der Waals surface area contributed by atoms with Crippen molar-refractivity contribution in [2.24, 2.45) is 5.92 Å². The lowest BCUT2D eigenvalue weighted by Gasteiger charge is -2.19. The summed E-state index contributed by atoms with van der Waals surface area (Å²) < 4.78 is 10.6. The Morgan fingerprint density at radius 3 is 2.56 bits per heavy atom. The van der Waals surface area contributed by atoms with E-state index in [9.17, 15) is 14.7 Å². The van der Waals surface area contributed by atoms with Gasteiger partial charge in [0.05, 0.1) is 6.61 Å². The van der Waals surface area contributed by atoms with E-state index in [0.29, 0.717) is 24.7 Å². The van der Waals surface area contributed by atoms with E-state index in [4.69, 9.17) is 9.26 Å². The van der Waals surface area contributed by atoms with Gasteiger partial charge in [0.25, 0.3) is 0 Å². The Balaban J connectivity index is 1.91. The largest absolute Gasteiger partial charge is 0.494 e. The number of carbonyl (C=O) groups is 2. The molecule has 2 N–H and O–H groups in total. The van der Waals surface area contributed by atoms with Gasteiger partial charge in [0, 0.05) is 18.4 Å². The maximum Gasteiger partial charge on any atom is 0.326 e. The van der Waals surface area contributed by atoms with Gasteiger partial charge in [-0.2, -0.15) is 4.98 Å². The molecule has 0 fully saturated rings. The average molecular weight is 375 g/mol. The minimum Gasteiger partial charge on any atom is -0.494 e. The normalized spacial score (nSPS) is 13.0. The topological polar surface area (TPSA) is 115 Å². The van der Waals surface area contributed by atoms with Crippen LogP contribution >= 0.6 is 0 Å². The number of aliphatic carboxylic acids is 1. The molecule has 2 rings (SSSR count). The Bertz CT molecular complexity index is 757. The van der Waals surface area contributed by atoms with Crippen molar-refractivity contribution in [3.05, 3.63) is 30.2 Å². The number of benzene rings is 1. The molecule has 0 aliphatic heterocycles.